The zero-order valence-corrected chi connectivity index (χ0v) is 13.3. The molecule has 0 aliphatic rings. The molecule has 2 aromatic rings. The molecule has 0 aliphatic carbocycles. The molecule has 22 heavy (non-hydrogen) atoms. The Hall–Kier alpha value is -2.15. The van der Waals surface area contributed by atoms with E-state index in [9.17, 15) is 13.2 Å². The Morgan fingerprint density at radius 3 is 2.59 bits per heavy atom. The number of nitrogens with zero attached hydrogens (tertiary/aromatic N) is 1. The number of aryl methyl sites for hydroxylation is 1. The highest BCUT2D eigenvalue weighted by Crippen LogP contribution is 2.20. The molecule has 7 heteroatoms. The summed E-state index contributed by atoms with van der Waals surface area (Å²) in [6.45, 7) is 3.72. The van der Waals surface area contributed by atoms with Gasteiger partial charge in [-0.2, -0.15) is 0 Å². The number of anilines is 1. The van der Waals surface area contributed by atoms with Crippen molar-refractivity contribution in [1.29, 1.82) is 0 Å². The van der Waals surface area contributed by atoms with E-state index in [4.69, 9.17) is 4.52 Å². The third-order valence-electron chi connectivity index (χ3n) is 3.29. The minimum absolute atomic E-state index is 0.139. The minimum atomic E-state index is -3.47. The van der Waals surface area contributed by atoms with Crippen LogP contribution >= 0.6 is 0 Å². The minimum Gasteiger partial charge on any atom is -0.338 e. The van der Waals surface area contributed by atoms with Gasteiger partial charge in [0.25, 0.3) is 0 Å². The Labute approximate surface area is 129 Å². The molecule has 0 bridgehead atoms. The van der Waals surface area contributed by atoms with E-state index >= 15 is 0 Å². The second-order valence-corrected chi connectivity index (χ2v) is 6.97. The molecule has 1 heterocycles. The first-order chi connectivity index (χ1) is 10.4. The third-order valence-corrected chi connectivity index (χ3v) is 5.02. The molecule has 0 unspecified atom stereocenters. The molecule has 0 atom stereocenters. The van der Waals surface area contributed by atoms with Gasteiger partial charge in [0.1, 0.15) is 0 Å². The van der Waals surface area contributed by atoms with Crippen molar-refractivity contribution in [3.05, 3.63) is 41.6 Å². The van der Waals surface area contributed by atoms with Crippen LogP contribution in [0, 0.1) is 6.92 Å². The molecule has 0 aliphatic heterocycles. The van der Waals surface area contributed by atoms with Crippen molar-refractivity contribution < 1.29 is 17.7 Å². The van der Waals surface area contributed by atoms with Gasteiger partial charge in [-0.25, -0.2) is 8.42 Å². The monoisotopic (exact) mass is 322 g/mol. The molecule has 2 rings (SSSR count). The zero-order valence-electron chi connectivity index (χ0n) is 12.5. The number of amides is 1. The van der Waals surface area contributed by atoms with E-state index in [1.165, 1.54) is 12.1 Å². The van der Waals surface area contributed by atoms with Gasteiger partial charge in [-0.3, -0.25) is 10.1 Å². The van der Waals surface area contributed by atoms with Crippen LogP contribution in [-0.4, -0.2) is 25.2 Å². The van der Waals surface area contributed by atoms with E-state index in [-0.39, 0.29) is 17.1 Å². The zero-order chi connectivity index (χ0) is 16.2. The van der Waals surface area contributed by atoms with E-state index in [0.29, 0.717) is 12.3 Å². The van der Waals surface area contributed by atoms with E-state index in [2.05, 4.69) is 10.5 Å². The average Bonchev–Trinajstić information content (AvgIpc) is 2.86. The maximum atomic E-state index is 12.1. The number of hydrogen-bond donors (Lipinski definition) is 1. The third kappa shape index (κ3) is 3.73. The maximum Gasteiger partial charge on any atom is 0.234 e. The molecule has 1 aromatic carbocycles. The van der Waals surface area contributed by atoms with Gasteiger partial charge in [-0.1, -0.05) is 30.3 Å². The number of carbonyl (C=O) groups is 1. The van der Waals surface area contributed by atoms with Gasteiger partial charge in [0.15, 0.2) is 9.84 Å². The predicted molar refractivity (Wildman–Crippen MR) is 82.4 cm³/mol. The van der Waals surface area contributed by atoms with Crippen molar-refractivity contribution in [2.75, 3.05) is 11.1 Å². The number of carbonyl (C=O) groups excluding carboxylic acids is 1. The fraction of sp³-hybridized carbons (Fsp3) is 0.333. The second kappa shape index (κ2) is 6.74. The number of aromatic nitrogens is 1. The lowest BCUT2D eigenvalue weighted by atomic mass is 10.2. The van der Waals surface area contributed by atoms with Gasteiger partial charge in [0.05, 0.1) is 16.3 Å². The Morgan fingerprint density at radius 2 is 1.95 bits per heavy atom. The normalized spacial score (nSPS) is 11.4. The molecule has 0 saturated heterocycles. The van der Waals surface area contributed by atoms with Crippen molar-refractivity contribution >= 4 is 21.6 Å². The highest BCUT2D eigenvalue weighted by Gasteiger charge is 2.18. The van der Waals surface area contributed by atoms with Crippen LogP contribution < -0.4 is 5.32 Å². The summed E-state index contributed by atoms with van der Waals surface area (Å²) < 4.78 is 29.2. The van der Waals surface area contributed by atoms with Crippen LogP contribution in [0.15, 0.2) is 39.8 Å². The molecular formula is C15H18N2O4S. The molecule has 1 aromatic heterocycles. The number of nitrogens with one attached hydrogen (secondary N) is 1. The summed E-state index contributed by atoms with van der Waals surface area (Å²) in [5.74, 6) is -0.371. The Balaban J connectivity index is 1.98. The van der Waals surface area contributed by atoms with Crippen LogP contribution in [0.5, 0.6) is 0 Å². The first-order valence-corrected chi connectivity index (χ1v) is 8.62. The first kappa shape index (κ1) is 16.2. The standard InChI is InChI=1S/C15H18N2O4S/c1-3-13-11(2)17-21-15(13)16-14(18)9-10-22(19,20)12-7-5-4-6-8-12/h4-8H,3,9-10H2,1-2H3,(H,16,18). The van der Waals surface area contributed by atoms with Crippen LogP contribution in [0.3, 0.4) is 0 Å². The van der Waals surface area contributed by atoms with Gasteiger partial charge >= 0.3 is 0 Å². The number of benzene rings is 1. The lowest BCUT2D eigenvalue weighted by Gasteiger charge is -2.05. The van der Waals surface area contributed by atoms with Crippen LogP contribution in [-0.2, 0) is 21.1 Å². The van der Waals surface area contributed by atoms with Gasteiger partial charge < -0.3 is 4.52 Å². The lowest BCUT2D eigenvalue weighted by Crippen LogP contribution is -2.17. The number of sulfone groups is 1. The van der Waals surface area contributed by atoms with Gasteiger partial charge in [0.2, 0.25) is 11.8 Å². The molecule has 0 spiro atoms. The molecule has 0 fully saturated rings. The second-order valence-electron chi connectivity index (χ2n) is 4.86. The summed E-state index contributed by atoms with van der Waals surface area (Å²) in [7, 11) is -3.47. The van der Waals surface area contributed by atoms with Crippen molar-refractivity contribution in [3.8, 4) is 0 Å². The first-order valence-electron chi connectivity index (χ1n) is 6.97. The molecule has 6 nitrogen and oxygen atoms in total. The largest absolute Gasteiger partial charge is 0.338 e. The summed E-state index contributed by atoms with van der Waals surface area (Å²) >= 11 is 0. The molecule has 0 saturated carbocycles. The summed E-state index contributed by atoms with van der Waals surface area (Å²) in [5.41, 5.74) is 1.54. The maximum absolute atomic E-state index is 12.1. The van der Waals surface area contributed by atoms with Gasteiger partial charge in [0, 0.05) is 12.0 Å². The van der Waals surface area contributed by atoms with Crippen LogP contribution in [0.4, 0.5) is 5.88 Å². The van der Waals surface area contributed by atoms with Gasteiger partial charge in [-0.05, 0) is 25.5 Å². The molecule has 1 amide bonds. The van der Waals surface area contributed by atoms with Crippen LogP contribution in [0.1, 0.15) is 24.6 Å². The fourth-order valence-electron chi connectivity index (χ4n) is 2.07. The number of rotatable bonds is 6. The molecular weight excluding hydrogens is 304 g/mol. The Morgan fingerprint density at radius 1 is 1.27 bits per heavy atom. The fourth-order valence-corrected chi connectivity index (χ4v) is 3.33. The Kier molecular flexibility index (Phi) is 4.97. The molecule has 118 valence electrons. The van der Waals surface area contributed by atoms with Gasteiger partial charge in [-0.15, -0.1) is 0 Å². The topological polar surface area (TPSA) is 89.3 Å². The van der Waals surface area contributed by atoms with E-state index in [1.54, 1.807) is 25.1 Å². The van der Waals surface area contributed by atoms with Crippen LogP contribution in [0.25, 0.3) is 0 Å². The van der Waals surface area contributed by atoms with Crippen molar-refractivity contribution in [2.24, 2.45) is 0 Å². The van der Waals surface area contributed by atoms with E-state index < -0.39 is 15.7 Å². The summed E-state index contributed by atoms with van der Waals surface area (Å²) in [6.07, 6.45) is 0.535. The Bertz CT molecular complexity index is 751. The summed E-state index contributed by atoms with van der Waals surface area (Å²) in [4.78, 5) is 12.1. The smallest absolute Gasteiger partial charge is 0.234 e. The van der Waals surface area contributed by atoms with Crippen molar-refractivity contribution in [1.82, 2.24) is 5.16 Å². The average molecular weight is 322 g/mol. The highest BCUT2D eigenvalue weighted by molar-refractivity contribution is 7.91. The number of hydrogen-bond acceptors (Lipinski definition) is 5. The van der Waals surface area contributed by atoms with Crippen molar-refractivity contribution in [2.45, 2.75) is 31.6 Å². The summed E-state index contributed by atoms with van der Waals surface area (Å²) in [6, 6.07) is 8.07. The SMILES string of the molecule is CCc1c(C)noc1NC(=O)CCS(=O)(=O)c1ccccc1. The van der Waals surface area contributed by atoms with Crippen molar-refractivity contribution in [3.63, 3.8) is 0 Å². The highest BCUT2D eigenvalue weighted by atomic mass is 32.2. The molecule has 0 radical (unpaired) electrons. The molecule has 1 N–H and O–H groups in total. The lowest BCUT2D eigenvalue weighted by molar-refractivity contribution is -0.115. The van der Waals surface area contributed by atoms with Crippen LogP contribution in [0.2, 0.25) is 0 Å². The van der Waals surface area contributed by atoms with E-state index in [1.807, 2.05) is 6.92 Å². The predicted octanol–water partition coefficient (Wildman–Crippen LogP) is 2.35. The summed E-state index contributed by atoms with van der Waals surface area (Å²) in [5, 5.41) is 6.36. The quantitative estimate of drug-likeness (QED) is 0.881. The van der Waals surface area contributed by atoms with E-state index in [0.717, 1.165) is 11.3 Å².